The van der Waals surface area contributed by atoms with E-state index in [9.17, 15) is 0 Å². The first kappa shape index (κ1) is 40.3. The molecule has 12 aromatic rings. The van der Waals surface area contributed by atoms with Gasteiger partial charge in [0.15, 0.2) is 0 Å². The van der Waals surface area contributed by atoms with Gasteiger partial charge in [-0.3, -0.25) is 0 Å². The van der Waals surface area contributed by atoms with E-state index in [1.807, 2.05) is 0 Å². The molecule has 3 heterocycles. The Morgan fingerprint density at radius 2 is 0.768 bits per heavy atom. The first-order valence-electron chi connectivity index (χ1n) is 24.6. The Labute approximate surface area is 403 Å². The van der Waals surface area contributed by atoms with Gasteiger partial charge < -0.3 is 14.4 Å². The van der Waals surface area contributed by atoms with Gasteiger partial charge in [-0.05, 0) is 152 Å². The van der Waals surface area contributed by atoms with Gasteiger partial charge in [-0.15, -0.1) is 0 Å². The van der Waals surface area contributed by atoms with Gasteiger partial charge in [0.25, 0.3) is 6.71 Å². The molecule has 14 rings (SSSR count). The third-order valence-electron chi connectivity index (χ3n) is 15.8. The predicted molar refractivity (Wildman–Crippen MR) is 299 cm³/mol. The monoisotopic (exact) mass is 885 g/mol. The summed E-state index contributed by atoms with van der Waals surface area (Å²) in [7, 11) is 2.31. The molecule has 1 aromatic heterocycles. The Hall–Kier alpha value is -7.82. The van der Waals surface area contributed by atoms with E-state index in [1.165, 1.54) is 126 Å². The second-order valence-corrected chi connectivity index (χ2v) is 21.8. The van der Waals surface area contributed by atoms with E-state index in [0.717, 1.165) is 11.4 Å². The minimum atomic E-state index is -0.0509. The van der Waals surface area contributed by atoms with E-state index in [0.29, 0.717) is 0 Å². The van der Waals surface area contributed by atoms with E-state index >= 15 is 0 Å². The summed E-state index contributed by atoms with van der Waals surface area (Å²) in [5.41, 5.74) is 15.1. The third-order valence-corrected chi connectivity index (χ3v) is 15.8. The average Bonchev–Trinajstić information content (AvgIpc) is 3.66. The van der Waals surface area contributed by atoms with Crippen molar-refractivity contribution in [3.8, 4) is 0 Å². The smallest absolute Gasteiger partial charge is 0.272 e. The standard InChI is InChI=1S/C65H52BN3/c1-64(2,3)39-27-33-57-55(35-39)62-63(67(57)7)66-56-36-40(65(4,5)6)28-34-58(56)68(41-29-31-51-47-21-10-8-17-43(47)45-19-12-14-23-49(45)53(51)37-41)59-25-16-26-60(61(59)66)69(62)42-30-32-52-48-22-11-9-18-44(48)46-20-13-15-24-50(46)54(52)38-42/h8-38H,1-7H3. The maximum absolute atomic E-state index is 2.62. The van der Waals surface area contributed by atoms with Gasteiger partial charge in [0.1, 0.15) is 0 Å². The van der Waals surface area contributed by atoms with Crippen LogP contribution in [-0.2, 0) is 17.9 Å². The summed E-state index contributed by atoms with van der Waals surface area (Å²) in [5, 5.41) is 16.6. The van der Waals surface area contributed by atoms with E-state index in [4.69, 9.17) is 0 Å². The van der Waals surface area contributed by atoms with Crippen LogP contribution in [0.15, 0.2) is 188 Å². The summed E-state index contributed by atoms with van der Waals surface area (Å²) in [4.78, 5) is 5.20. The Morgan fingerprint density at radius 3 is 1.26 bits per heavy atom. The lowest BCUT2D eigenvalue weighted by atomic mass is 9.34. The molecule has 0 N–H and O–H groups in total. The fourth-order valence-electron chi connectivity index (χ4n) is 12.5. The quantitative estimate of drug-likeness (QED) is 0.127. The number of aromatic nitrogens is 1. The van der Waals surface area contributed by atoms with E-state index in [-0.39, 0.29) is 17.5 Å². The van der Waals surface area contributed by atoms with E-state index in [1.54, 1.807) is 0 Å². The topological polar surface area (TPSA) is 11.4 Å². The maximum Gasteiger partial charge on any atom is 0.272 e. The zero-order valence-corrected chi connectivity index (χ0v) is 40.3. The average molecular weight is 886 g/mol. The Bertz CT molecular complexity index is 4130. The van der Waals surface area contributed by atoms with Crippen molar-refractivity contribution in [2.75, 3.05) is 9.80 Å². The van der Waals surface area contributed by atoms with Crippen LogP contribution in [0.25, 0.3) is 75.5 Å². The zero-order valence-electron chi connectivity index (χ0n) is 40.3. The molecule has 0 spiro atoms. The molecule has 0 saturated heterocycles. The first-order valence-corrected chi connectivity index (χ1v) is 24.6. The van der Waals surface area contributed by atoms with Gasteiger partial charge in [-0.1, -0.05) is 175 Å². The molecule has 0 amide bonds. The lowest BCUT2D eigenvalue weighted by molar-refractivity contribution is 0.590. The molecule has 0 aliphatic carbocycles. The van der Waals surface area contributed by atoms with Crippen molar-refractivity contribution in [3.63, 3.8) is 0 Å². The zero-order chi connectivity index (χ0) is 46.7. The van der Waals surface area contributed by atoms with E-state index in [2.05, 4.69) is 251 Å². The molecule has 0 atom stereocenters. The molecule has 0 fully saturated rings. The number of hydrogen-bond donors (Lipinski definition) is 0. The normalized spacial score (nSPS) is 13.6. The van der Waals surface area contributed by atoms with Gasteiger partial charge in [-0.2, -0.15) is 0 Å². The molecule has 4 heteroatoms. The number of aryl methyl sites for hydroxylation is 1. The molecule has 0 saturated carbocycles. The summed E-state index contributed by atoms with van der Waals surface area (Å²) in [6.07, 6.45) is 0. The van der Waals surface area contributed by atoms with Gasteiger partial charge in [0, 0.05) is 52.0 Å². The van der Waals surface area contributed by atoms with Crippen LogP contribution in [0.3, 0.4) is 0 Å². The third kappa shape index (κ3) is 5.63. The molecule has 11 aromatic carbocycles. The number of nitrogens with zero attached hydrogens (tertiary/aromatic N) is 3. The minimum Gasteiger partial charge on any atom is -0.353 e. The summed E-state index contributed by atoms with van der Waals surface area (Å²) in [5.74, 6) is 0. The fourth-order valence-corrected chi connectivity index (χ4v) is 12.5. The molecule has 69 heavy (non-hydrogen) atoms. The molecule has 2 aliphatic rings. The van der Waals surface area contributed by atoms with Crippen molar-refractivity contribution in [2.45, 2.75) is 52.4 Å². The van der Waals surface area contributed by atoms with Crippen LogP contribution in [0.4, 0.5) is 34.1 Å². The summed E-state index contributed by atoms with van der Waals surface area (Å²) >= 11 is 0. The number of anilines is 6. The number of fused-ring (bicyclic) bond motifs is 18. The molecular formula is C65H52BN3. The molecule has 0 bridgehead atoms. The van der Waals surface area contributed by atoms with Gasteiger partial charge >= 0.3 is 0 Å². The number of rotatable bonds is 2. The van der Waals surface area contributed by atoms with Crippen LogP contribution in [0.2, 0.25) is 0 Å². The van der Waals surface area contributed by atoms with Crippen LogP contribution in [0, 0.1) is 0 Å². The highest BCUT2D eigenvalue weighted by molar-refractivity contribution is 7.00. The second-order valence-electron chi connectivity index (χ2n) is 21.8. The molecular weight excluding hydrogens is 834 g/mol. The molecule has 0 radical (unpaired) electrons. The van der Waals surface area contributed by atoms with Crippen molar-refractivity contribution < 1.29 is 0 Å². The van der Waals surface area contributed by atoms with Crippen molar-refractivity contribution >= 4 is 133 Å². The Kier molecular flexibility index (Phi) is 8.24. The Morgan fingerprint density at radius 1 is 0.348 bits per heavy atom. The van der Waals surface area contributed by atoms with Gasteiger partial charge in [0.05, 0.1) is 5.69 Å². The van der Waals surface area contributed by atoms with Crippen LogP contribution in [-0.4, -0.2) is 11.3 Å². The highest BCUT2D eigenvalue weighted by atomic mass is 15.2. The first-order chi connectivity index (χ1) is 33.4. The molecule has 330 valence electrons. The highest BCUT2D eigenvalue weighted by Gasteiger charge is 2.46. The van der Waals surface area contributed by atoms with Crippen molar-refractivity contribution in [1.82, 2.24) is 4.57 Å². The maximum atomic E-state index is 2.62. The molecule has 2 aliphatic heterocycles. The highest BCUT2D eigenvalue weighted by Crippen LogP contribution is 2.49. The van der Waals surface area contributed by atoms with Gasteiger partial charge in [-0.25, -0.2) is 0 Å². The van der Waals surface area contributed by atoms with Crippen LogP contribution < -0.4 is 26.3 Å². The largest absolute Gasteiger partial charge is 0.353 e. The minimum absolute atomic E-state index is 0.0260. The molecule has 0 unspecified atom stereocenters. The predicted octanol–water partition coefficient (Wildman–Crippen LogP) is 15.8. The number of benzene rings is 11. The van der Waals surface area contributed by atoms with Crippen LogP contribution in [0.1, 0.15) is 52.7 Å². The Balaban J connectivity index is 1.10. The lowest BCUT2D eigenvalue weighted by Gasteiger charge is -2.44. The van der Waals surface area contributed by atoms with Crippen LogP contribution >= 0.6 is 0 Å². The summed E-state index contributed by atoms with van der Waals surface area (Å²) in [6.45, 7) is 14.0. The van der Waals surface area contributed by atoms with Crippen LogP contribution in [0.5, 0.6) is 0 Å². The lowest BCUT2D eigenvalue weighted by Crippen LogP contribution is -2.63. The number of hydrogen-bond acceptors (Lipinski definition) is 2. The fraction of sp³-hybridized carbons (Fsp3) is 0.138. The van der Waals surface area contributed by atoms with Crippen molar-refractivity contribution in [1.29, 1.82) is 0 Å². The second kappa shape index (κ2) is 14.1. The summed E-state index contributed by atoms with van der Waals surface area (Å²) < 4.78 is 2.52. The van der Waals surface area contributed by atoms with E-state index < -0.39 is 0 Å². The van der Waals surface area contributed by atoms with Crippen molar-refractivity contribution in [3.05, 3.63) is 199 Å². The summed E-state index contributed by atoms with van der Waals surface area (Å²) in [6, 6.07) is 71.7. The van der Waals surface area contributed by atoms with Gasteiger partial charge in [0.2, 0.25) is 0 Å². The SMILES string of the molecule is Cn1c2c(c3cc(C(C)(C)C)ccc31)N(c1ccc3c4ccccc4c4ccccc4c3c1)c1cccc3c1B2c1cc(C(C)(C)C)ccc1N3c1ccc2c3ccccc3c3ccccc3c2c1. The molecule has 3 nitrogen and oxygen atoms in total. The van der Waals surface area contributed by atoms with Crippen molar-refractivity contribution in [2.24, 2.45) is 7.05 Å².